The number of nitrogens with zero attached hydrogens (tertiary/aromatic N) is 2. The molecule has 3 amide bonds. The van der Waals surface area contributed by atoms with Gasteiger partial charge in [0.25, 0.3) is 0 Å². The number of hydrogen-bond acceptors (Lipinski definition) is 5. The van der Waals surface area contributed by atoms with E-state index < -0.39 is 17.8 Å². The van der Waals surface area contributed by atoms with Crippen molar-refractivity contribution in [1.29, 1.82) is 0 Å². The zero-order chi connectivity index (χ0) is 19.1. The fourth-order valence-corrected chi connectivity index (χ4v) is 2.71. The van der Waals surface area contributed by atoms with Crippen LogP contribution in [0.1, 0.15) is 17.3 Å². The topological polar surface area (TPSA) is 81.8 Å². The van der Waals surface area contributed by atoms with Gasteiger partial charge in [0.1, 0.15) is 5.82 Å². The monoisotopic (exact) mass is 362 g/mol. The third-order valence-corrected chi connectivity index (χ3v) is 4.09. The van der Waals surface area contributed by atoms with Gasteiger partial charge < -0.3 is 10.2 Å². The van der Waals surface area contributed by atoms with Crippen LogP contribution >= 0.6 is 0 Å². The first-order valence-electron chi connectivity index (χ1n) is 8.37. The number of piperazine rings is 1. The zero-order valence-corrected chi connectivity index (χ0v) is 14.8. The van der Waals surface area contributed by atoms with E-state index in [4.69, 9.17) is 0 Å². The summed E-state index contributed by atoms with van der Waals surface area (Å²) in [6.45, 7) is 7.48. The van der Waals surface area contributed by atoms with Gasteiger partial charge in [-0.25, -0.2) is 9.18 Å². The summed E-state index contributed by atoms with van der Waals surface area (Å²) in [6.07, 6.45) is 1.52. The molecule has 0 bridgehead atoms. The number of urea groups is 1. The number of carbonyl (C=O) groups is 3. The van der Waals surface area contributed by atoms with Crippen molar-refractivity contribution in [2.45, 2.75) is 6.92 Å². The van der Waals surface area contributed by atoms with Gasteiger partial charge in [0.15, 0.2) is 5.78 Å². The molecule has 0 aromatic heterocycles. The fraction of sp³-hybridized carbons (Fsp3) is 0.389. The lowest BCUT2D eigenvalue weighted by atomic mass is 10.1. The van der Waals surface area contributed by atoms with Crippen LogP contribution in [0.3, 0.4) is 0 Å². The zero-order valence-electron chi connectivity index (χ0n) is 14.8. The molecule has 0 radical (unpaired) electrons. The number of amides is 3. The molecular weight excluding hydrogens is 339 g/mol. The van der Waals surface area contributed by atoms with Gasteiger partial charge in [-0.15, -0.1) is 6.58 Å². The number of ketones is 1. The lowest BCUT2D eigenvalue weighted by molar-refractivity contribution is -0.121. The van der Waals surface area contributed by atoms with Crippen LogP contribution in [0.15, 0.2) is 30.9 Å². The second-order valence-electron chi connectivity index (χ2n) is 6.03. The number of carbonyl (C=O) groups excluding carboxylic acids is 3. The molecule has 0 atom stereocenters. The van der Waals surface area contributed by atoms with Crippen molar-refractivity contribution >= 4 is 23.4 Å². The standard InChI is InChI=1S/C18H23FN4O3/c1-3-6-20-18(26)21-17(25)12-22-7-9-23(10-8-22)16-5-4-14(13(2)24)11-15(16)19/h3-5,11H,1,6-10,12H2,2H3,(H2,20,21,25,26). The molecule has 0 saturated carbocycles. The van der Waals surface area contributed by atoms with Gasteiger partial charge >= 0.3 is 6.03 Å². The number of imide groups is 1. The summed E-state index contributed by atoms with van der Waals surface area (Å²) < 4.78 is 14.2. The number of nitrogens with one attached hydrogen (secondary N) is 2. The molecule has 1 aliphatic heterocycles. The Balaban J connectivity index is 1.83. The van der Waals surface area contributed by atoms with Gasteiger partial charge in [-0.2, -0.15) is 0 Å². The maximum absolute atomic E-state index is 14.2. The maximum atomic E-state index is 14.2. The average molecular weight is 362 g/mol. The molecule has 26 heavy (non-hydrogen) atoms. The summed E-state index contributed by atoms with van der Waals surface area (Å²) in [5.41, 5.74) is 0.791. The molecule has 1 heterocycles. The third kappa shape index (κ3) is 5.38. The Morgan fingerprint density at radius 2 is 1.92 bits per heavy atom. The van der Waals surface area contributed by atoms with E-state index in [1.165, 1.54) is 19.1 Å². The SMILES string of the molecule is C=CCNC(=O)NC(=O)CN1CCN(c2ccc(C(C)=O)cc2F)CC1. The first kappa shape index (κ1) is 19.6. The minimum atomic E-state index is -0.554. The maximum Gasteiger partial charge on any atom is 0.321 e. The van der Waals surface area contributed by atoms with Gasteiger partial charge in [-0.1, -0.05) is 6.08 Å². The summed E-state index contributed by atoms with van der Waals surface area (Å²) in [6, 6.07) is 3.92. The van der Waals surface area contributed by atoms with Crippen LogP contribution in [0.4, 0.5) is 14.9 Å². The summed E-state index contributed by atoms with van der Waals surface area (Å²) in [5.74, 6) is -0.997. The summed E-state index contributed by atoms with van der Waals surface area (Å²) in [7, 11) is 0. The van der Waals surface area contributed by atoms with Gasteiger partial charge in [0, 0.05) is 38.3 Å². The predicted molar refractivity (Wildman–Crippen MR) is 96.8 cm³/mol. The number of Topliss-reactive ketones (excluding diaryl/α,β-unsaturated/α-hetero) is 1. The smallest absolute Gasteiger partial charge is 0.321 e. The van der Waals surface area contributed by atoms with Crippen LogP contribution in [-0.4, -0.2) is 61.9 Å². The summed E-state index contributed by atoms with van der Waals surface area (Å²) in [4.78, 5) is 38.4. The van der Waals surface area contributed by atoms with Gasteiger partial charge in [0.05, 0.1) is 12.2 Å². The van der Waals surface area contributed by atoms with Crippen molar-refractivity contribution in [3.63, 3.8) is 0 Å². The predicted octanol–water partition coefficient (Wildman–Crippen LogP) is 1.16. The Morgan fingerprint density at radius 1 is 1.23 bits per heavy atom. The van der Waals surface area contributed by atoms with E-state index in [1.807, 2.05) is 9.80 Å². The average Bonchev–Trinajstić information content (AvgIpc) is 2.60. The second-order valence-corrected chi connectivity index (χ2v) is 6.03. The molecule has 1 aliphatic rings. The van der Waals surface area contributed by atoms with E-state index >= 15 is 0 Å². The second kappa shape index (κ2) is 9.10. The van der Waals surface area contributed by atoms with Crippen molar-refractivity contribution in [3.05, 3.63) is 42.2 Å². The van der Waals surface area contributed by atoms with Crippen LogP contribution in [0.25, 0.3) is 0 Å². The van der Waals surface area contributed by atoms with Crippen LogP contribution in [-0.2, 0) is 4.79 Å². The van der Waals surface area contributed by atoms with E-state index in [0.717, 1.165) is 0 Å². The minimum Gasteiger partial charge on any atom is -0.367 e. The highest BCUT2D eigenvalue weighted by Crippen LogP contribution is 2.22. The molecule has 2 N–H and O–H groups in total. The Morgan fingerprint density at radius 3 is 2.50 bits per heavy atom. The molecule has 8 heteroatoms. The molecule has 1 fully saturated rings. The van der Waals surface area contributed by atoms with Crippen LogP contribution in [0.2, 0.25) is 0 Å². The highest BCUT2D eigenvalue weighted by Gasteiger charge is 2.22. The number of rotatable bonds is 6. The number of anilines is 1. The molecule has 0 spiro atoms. The van der Waals surface area contributed by atoms with Crippen molar-refractivity contribution < 1.29 is 18.8 Å². The van der Waals surface area contributed by atoms with Crippen molar-refractivity contribution in [2.75, 3.05) is 44.2 Å². The third-order valence-electron chi connectivity index (χ3n) is 4.09. The first-order chi connectivity index (χ1) is 12.4. The molecule has 0 aliphatic carbocycles. The number of benzene rings is 1. The largest absolute Gasteiger partial charge is 0.367 e. The molecule has 1 saturated heterocycles. The van der Waals surface area contributed by atoms with E-state index in [-0.39, 0.29) is 18.9 Å². The molecule has 7 nitrogen and oxygen atoms in total. The van der Waals surface area contributed by atoms with E-state index in [9.17, 15) is 18.8 Å². The normalized spacial score (nSPS) is 14.6. The molecule has 2 rings (SSSR count). The van der Waals surface area contributed by atoms with Gasteiger partial charge in [-0.05, 0) is 25.1 Å². The highest BCUT2D eigenvalue weighted by molar-refractivity contribution is 5.95. The first-order valence-corrected chi connectivity index (χ1v) is 8.37. The lowest BCUT2D eigenvalue weighted by Gasteiger charge is -2.35. The van der Waals surface area contributed by atoms with Gasteiger partial charge in [-0.3, -0.25) is 19.8 Å². The quantitative estimate of drug-likeness (QED) is 0.586. The molecule has 140 valence electrons. The Kier molecular flexibility index (Phi) is 6.85. The molecule has 0 unspecified atom stereocenters. The van der Waals surface area contributed by atoms with E-state index in [0.29, 0.717) is 37.4 Å². The molecule has 1 aromatic rings. The Hall–Kier alpha value is -2.74. The lowest BCUT2D eigenvalue weighted by Crippen LogP contribution is -2.51. The van der Waals surface area contributed by atoms with Crippen molar-refractivity contribution in [3.8, 4) is 0 Å². The minimum absolute atomic E-state index is 0.0983. The van der Waals surface area contributed by atoms with Crippen LogP contribution in [0.5, 0.6) is 0 Å². The molecular formula is C18H23FN4O3. The van der Waals surface area contributed by atoms with Gasteiger partial charge in [0.2, 0.25) is 5.91 Å². The van der Waals surface area contributed by atoms with E-state index in [2.05, 4.69) is 17.2 Å². The van der Waals surface area contributed by atoms with E-state index in [1.54, 1.807) is 12.1 Å². The Bertz CT molecular complexity index is 700. The summed E-state index contributed by atoms with van der Waals surface area (Å²) in [5, 5.41) is 4.71. The Labute approximate surface area is 151 Å². The summed E-state index contributed by atoms with van der Waals surface area (Å²) >= 11 is 0. The van der Waals surface area contributed by atoms with Crippen LogP contribution < -0.4 is 15.5 Å². The highest BCUT2D eigenvalue weighted by atomic mass is 19.1. The molecule has 1 aromatic carbocycles. The number of hydrogen-bond donors (Lipinski definition) is 2. The van der Waals surface area contributed by atoms with Crippen LogP contribution in [0, 0.1) is 5.82 Å². The van der Waals surface area contributed by atoms with Crippen molar-refractivity contribution in [1.82, 2.24) is 15.5 Å². The fourth-order valence-electron chi connectivity index (χ4n) is 2.71. The number of halogens is 1. The van der Waals surface area contributed by atoms with Crippen molar-refractivity contribution in [2.24, 2.45) is 0 Å².